The van der Waals surface area contributed by atoms with Crippen LogP contribution in [0.15, 0.2) is 12.4 Å². The molecule has 7 nitrogen and oxygen atoms in total. The molecule has 1 unspecified atom stereocenters. The number of amides is 2. The predicted octanol–water partition coefficient (Wildman–Crippen LogP) is -0.191. The Balaban J connectivity index is 1.78. The summed E-state index contributed by atoms with van der Waals surface area (Å²) in [6.07, 6.45) is 6.04. The zero-order chi connectivity index (χ0) is 15.2. The van der Waals surface area contributed by atoms with Crippen molar-refractivity contribution in [3.8, 4) is 0 Å². The minimum atomic E-state index is -0.0829. The van der Waals surface area contributed by atoms with Crippen LogP contribution in [0, 0.1) is 0 Å². The average Bonchev–Trinajstić information content (AvgIpc) is 3.03. The lowest BCUT2D eigenvalue weighted by Gasteiger charge is -2.22. The molecular weight excluding hydrogens is 270 g/mol. The Morgan fingerprint density at radius 3 is 2.81 bits per heavy atom. The molecule has 1 aliphatic rings. The number of nitrogens with one attached hydrogen (secondary N) is 2. The SMILES string of the molecule is CC(=O)NCCNC(=O)CN1CCCC1c1cnn(C)c1. The van der Waals surface area contributed by atoms with Crippen molar-refractivity contribution < 1.29 is 9.59 Å². The predicted molar refractivity (Wildman–Crippen MR) is 78.4 cm³/mol. The van der Waals surface area contributed by atoms with E-state index in [9.17, 15) is 9.59 Å². The summed E-state index contributed by atoms with van der Waals surface area (Å²) in [4.78, 5) is 24.9. The quantitative estimate of drug-likeness (QED) is 0.713. The van der Waals surface area contributed by atoms with E-state index in [1.807, 2.05) is 19.4 Å². The first-order valence-electron chi connectivity index (χ1n) is 7.30. The lowest BCUT2D eigenvalue weighted by molar-refractivity contribution is -0.123. The van der Waals surface area contributed by atoms with Crippen molar-refractivity contribution in [3.63, 3.8) is 0 Å². The average molecular weight is 293 g/mol. The summed E-state index contributed by atoms with van der Waals surface area (Å²) in [6.45, 7) is 3.71. The molecular formula is C14H23N5O2. The van der Waals surface area contributed by atoms with Crippen LogP contribution in [0.3, 0.4) is 0 Å². The lowest BCUT2D eigenvalue weighted by Crippen LogP contribution is -2.40. The normalized spacial score (nSPS) is 18.7. The monoisotopic (exact) mass is 293 g/mol. The minimum Gasteiger partial charge on any atom is -0.355 e. The maximum absolute atomic E-state index is 11.9. The van der Waals surface area contributed by atoms with Crippen LogP contribution in [0.1, 0.15) is 31.4 Å². The highest BCUT2D eigenvalue weighted by Gasteiger charge is 2.28. The zero-order valence-corrected chi connectivity index (χ0v) is 12.6. The Morgan fingerprint density at radius 2 is 2.14 bits per heavy atom. The summed E-state index contributed by atoms with van der Waals surface area (Å²) in [5.74, 6) is -0.0865. The van der Waals surface area contributed by atoms with Crippen LogP contribution in [0.5, 0.6) is 0 Å². The number of carbonyl (C=O) groups is 2. The van der Waals surface area contributed by atoms with Crippen LogP contribution in [0.25, 0.3) is 0 Å². The van der Waals surface area contributed by atoms with Crippen LogP contribution in [0.4, 0.5) is 0 Å². The number of aryl methyl sites for hydroxylation is 1. The molecule has 2 N–H and O–H groups in total. The van der Waals surface area contributed by atoms with Crippen LogP contribution in [-0.2, 0) is 16.6 Å². The van der Waals surface area contributed by atoms with Crippen molar-refractivity contribution >= 4 is 11.8 Å². The molecule has 1 saturated heterocycles. The van der Waals surface area contributed by atoms with Crippen molar-refractivity contribution in [1.29, 1.82) is 0 Å². The third-order valence-corrected chi connectivity index (χ3v) is 3.64. The molecule has 0 bridgehead atoms. The van der Waals surface area contributed by atoms with Gasteiger partial charge in [-0.3, -0.25) is 19.2 Å². The second-order valence-electron chi connectivity index (χ2n) is 5.41. The standard InChI is InChI=1S/C14H23N5O2/c1-11(20)15-5-6-16-14(21)10-19-7-3-4-13(19)12-8-17-18(2)9-12/h8-9,13H,3-7,10H2,1-2H3,(H,15,20)(H,16,21). The summed E-state index contributed by atoms with van der Waals surface area (Å²) >= 11 is 0. The lowest BCUT2D eigenvalue weighted by atomic mass is 10.1. The molecule has 0 radical (unpaired) electrons. The minimum absolute atomic E-state index is 0.00357. The maximum Gasteiger partial charge on any atom is 0.234 e. The highest BCUT2D eigenvalue weighted by Crippen LogP contribution is 2.30. The van der Waals surface area contributed by atoms with Crippen molar-refractivity contribution in [1.82, 2.24) is 25.3 Å². The first-order valence-corrected chi connectivity index (χ1v) is 7.30. The van der Waals surface area contributed by atoms with E-state index in [2.05, 4.69) is 20.6 Å². The van der Waals surface area contributed by atoms with Crippen molar-refractivity contribution in [3.05, 3.63) is 18.0 Å². The van der Waals surface area contributed by atoms with Gasteiger partial charge in [-0.15, -0.1) is 0 Å². The summed E-state index contributed by atoms with van der Waals surface area (Å²) in [5, 5.41) is 9.68. The van der Waals surface area contributed by atoms with Gasteiger partial charge in [0.2, 0.25) is 11.8 Å². The van der Waals surface area contributed by atoms with E-state index < -0.39 is 0 Å². The number of aromatic nitrogens is 2. The van der Waals surface area contributed by atoms with Gasteiger partial charge in [0.05, 0.1) is 12.7 Å². The number of hydrogen-bond donors (Lipinski definition) is 2. The second kappa shape index (κ2) is 7.21. The van der Waals surface area contributed by atoms with Crippen LogP contribution < -0.4 is 10.6 Å². The molecule has 21 heavy (non-hydrogen) atoms. The summed E-state index contributed by atoms with van der Waals surface area (Å²) in [6, 6.07) is 0.278. The second-order valence-corrected chi connectivity index (χ2v) is 5.41. The molecule has 1 aromatic rings. The molecule has 1 fully saturated rings. The molecule has 0 aromatic carbocycles. The number of nitrogens with zero attached hydrogens (tertiary/aromatic N) is 3. The van der Waals surface area contributed by atoms with Crippen LogP contribution >= 0.6 is 0 Å². The van der Waals surface area contributed by atoms with E-state index in [0.29, 0.717) is 19.6 Å². The van der Waals surface area contributed by atoms with Gasteiger partial charge in [0.25, 0.3) is 0 Å². The van der Waals surface area contributed by atoms with E-state index in [1.165, 1.54) is 12.5 Å². The fourth-order valence-corrected chi connectivity index (χ4v) is 2.69. The fraction of sp³-hybridized carbons (Fsp3) is 0.643. The summed E-state index contributed by atoms with van der Waals surface area (Å²) in [7, 11) is 1.90. The highest BCUT2D eigenvalue weighted by atomic mass is 16.2. The van der Waals surface area contributed by atoms with E-state index in [0.717, 1.165) is 19.4 Å². The molecule has 1 aliphatic heterocycles. The van der Waals surface area contributed by atoms with Crippen molar-refractivity contribution in [2.45, 2.75) is 25.8 Å². The van der Waals surface area contributed by atoms with Crippen LogP contribution in [-0.4, -0.2) is 52.7 Å². The number of carbonyl (C=O) groups excluding carboxylic acids is 2. The zero-order valence-electron chi connectivity index (χ0n) is 12.6. The first-order chi connectivity index (χ1) is 10.1. The molecule has 0 spiro atoms. The van der Waals surface area contributed by atoms with E-state index in [1.54, 1.807) is 4.68 Å². The summed E-state index contributed by atoms with van der Waals surface area (Å²) < 4.78 is 1.79. The Kier molecular flexibility index (Phi) is 5.32. The number of rotatable bonds is 6. The van der Waals surface area contributed by atoms with Gasteiger partial charge >= 0.3 is 0 Å². The van der Waals surface area contributed by atoms with Gasteiger partial charge in [-0.1, -0.05) is 0 Å². The molecule has 1 atom stereocenters. The van der Waals surface area contributed by atoms with E-state index in [4.69, 9.17) is 0 Å². The molecule has 1 aromatic heterocycles. The molecule has 2 amide bonds. The molecule has 2 heterocycles. The Bertz CT molecular complexity index is 499. The molecule has 116 valence electrons. The molecule has 7 heteroatoms. The Labute approximate surface area is 124 Å². The molecule has 0 aliphatic carbocycles. The maximum atomic E-state index is 11.9. The number of hydrogen-bond acceptors (Lipinski definition) is 4. The van der Waals surface area contributed by atoms with Gasteiger partial charge in [0, 0.05) is 44.9 Å². The Morgan fingerprint density at radius 1 is 1.38 bits per heavy atom. The van der Waals surface area contributed by atoms with Gasteiger partial charge in [-0.25, -0.2) is 0 Å². The van der Waals surface area contributed by atoms with E-state index >= 15 is 0 Å². The summed E-state index contributed by atoms with van der Waals surface area (Å²) in [5.41, 5.74) is 1.17. The largest absolute Gasteiger partial charge is 0.355 e. The third-order valence-electron chi connectivity index (χ3n) is 3.64. The third kappa shape index (κ3) is 4.56. The van der Waals surface area contributed by atoms with Gasteiger partial charge < -0.3 is 10.6 Å². The van der Waals surface area contributed by atoms with Gasteiger partial charge in [0.1, 0.15) is 0 Å². The van der Waals surface area contributed by atoms with Gasteiger partial charge in [-0.05, 0) is 19.4 Å². The van der Waals surface area contributed by atoms with E-state index in [-0.39, 0.29) is 17.9 Å². The van der Waals surface area contributed by atoms with Gasteiger partial charge in [0.15, 0.2) is 0 Å². The van der Waals surface area contributed by atoms with Gasteiger partial charge in [-0.2, -0.15) is 5.10 Å². The number of likely N-dealkylation sites (tertiary alicyclic amines) is 1. The Hall–Kier alpha value is -1.89. The topological polar surface area (TPSA) is 79.3 Å². The first kappa shape index (κ1) is 15.5. The smallest absolute Gasteiger partial charge is 0.234 e. The van der Waals surface area contributed by atoms with Crippen molar-refractivity contribution in [2.24, 2.45) is 7.05 Å². The molecule has 0 saturated carbocycles. The van der Waals surface area contributed by atoms with Crippen molar-refractivity contribution in [2.75, 3.05) is 26.2 Å². The fourth-order valence-electron chi connectivity index (χ4n) is 2.69. The highest BCUT2D eigenvalue weighted by molar-refractivity contribution is 5.78. The van der Waals surface area contributed by atoms with Crippen LogP contribution in [0.2, 0.25) is 0 Å². The molecule has 2 rings (SSSR count).